The number of rotatable bonds is 8. The third kappa shape index (κ3) is 4.83. The zero-order valence-corrected chi connectivity index (χ0v) is 12.8. The van der Waals surface area contributed by atoms with Gasteiger partial charge in [-0.05, 0) is 18.9 Å². The van der Waals surface area contributed by atoms with Crippen LogP contribution in [0.2, 0.25) is 0 Å². The number of nitrogens with one attached hydrogen (secondary N) is 2. The minimum Gasteiger partial charge on any atom is -0.355 e. The second-order valence-corrected chi connectivity index (χ2v) is 5.08. The fraction of sp³-hybridized carbons (Fsp3) is 0.412. The average molecular weight is 284 g/mol. The highest BCUT2D eigenvalue weighted by molar-refractivity contribution is 5.24. The van der Waals surface area contributed by atoms with Crippen molar-refractivity contribution >= 4 is 5.95 Å². The van der Waals surface area contributed by atoms with Crippen molar-refractivity contribution in [2.45, 2.75) is 39.3 Å². The molecule has 0 radical (unpaired) electrons. The summed E-state index contributed by atoms with van der Waals surface area (Å²) in [5, 5.41) is 6.71. The molecule has 0 aliphatic carbocycles. The Morgan fingerprint density at radius 3 is 2.38 bits per heavy atom. The van der Waals surface area contributed by atoms with Crippen LogP contribution in [-0.4, -0.2) is 16.5 Å². The molecule has 2 aromatic rings. The van der Waals surface area contributed by atoms with Crippen LogP contribution in [0.5, 0.6) is 0 Å². The van der Waals surface area contributed by atoms with Gasteiger partial charge in [0, 0.05) is 37.1 Å². The highest BCUT2D eigenvalue weighted by Crippen LogP contribution is 2.18. The van der Waals surface area contributed by atoms with Crippen molar-refractivity contribution in [1.29, 1.82) is 0 Å². The molecule has 0 bridgehead atoms. The molecule has 1 aromatic heterocycles. The number of benzene rings is 1. The van der Waals surface area contributed by atoms with Gasteiger partial charge in [-0.3, -0.25) is 0 Å². The van der Waals surface area contributed by atoms with Crippen molar-refractivity contribution in [1.82, 2.24) is 15.3 Å². The topological polar surface area (TPSA) is 49.8 Å². The molecule has 0 fully saturated rings. The van der Waals surface area contributed by atoms with E-state index in [2.05, 4.69) is 57.9 Å². The normalized spacial score (nSPS) is 12.1. The Morgan fingerprint density at radius 2 is 1.76 bits per heavy atom. The van der Waals surface area contributed by atoms with Crippen LogP contribution in [0.25, 0.3) is 0 Å². The molecule has 1 aromatic carbocycles. The van der Waals surface area contributed by atoms with Gasteiger partial charge in [0.2, 0.25) is 5.95 Å². The lowest BCUT2D eigenvalue weighted by molar-refractivity contribution is 0.492. The molecule has 1 heterocycles. The summed E-state index contributed by atoms with van der Waals surface area (Å²) in [7, 11) is 0. The van der Waals surface area contributed by atoms with Crippen LogP contribution in [0.3, 0.4) is 0 Å². The van der Waals surface area contributed by atoms with Gasteiger partial charge in [0.15, 0.2) is 0 Å². The lowest BCUT2D eigenvalue weighted by atomic mass is 10.0. The van der Waals surface area contributed by atoms with Crippen molar-refractivity contribution in [2.75, 3.05) is 11.9 Å². The predicted octanol–water partition coefficient (Wildman–Crippen LogP) is 3.54. The van der Waals surface area contributed by atoms with Crippen LogP contribution in [0, 0.1) is 0 Å². The first-order chi connectivity index (χ1) is 10.3. The smallest absolute Gasteiger partial charge is 0.222 e. The van der Waals surface area contributed by atoms with Crippen LogP contribution in [-0.2, 0) is 6.54 Å². The molecular formula is C17H24N4. The Morgan fingerprint density at radius 1 is 1.05 bits per heavy atom. The molecule has 1 atom stereocenters. The lowest BCUT2D eigenvalue weighted by Gasteiger charge is -2.18. The molecular weight excluding hydrogens is 260 g/mol. The molecule has 0 amide bonds. The number of anilines is 1. The Kier molecular flexibility index (Phi) is 6.16. The highest BCUT2D eigenvalue weighted by atomic mass is 15.1. The highest BCUT2D eigenvalue weighted by Gasteiger charge is 2.09. The summed E-state index contributed by atoms with van der Waals surface area (Å²) < 4.78 is 0. The summed E-state index contributed by atoms with van der Waals surface area (Å²) in [5.74, 6) is 0.689. The largest absolute Gasteiger partial charge is 0.355 e. The van der Waals surface area contributed by atoms with Crippen LogP contribution in [0.4, 0.5) is 5.95 Å². The zero-order chi connectivity index (χ0) is 14.9. The molecule has 112 valence electrons. The number of hydrogen-bond donors (Lipinski definition) is 2. The Hall–Kier alpha value is -1.94. The Balaban J connectivity index is 1.95. The van der Waals surface area contributed by atoms with E-state index in [9.17, 15) is 0 Å². The number of aromatic nitrogens is 2. The average Bonchev–Trinajstić information content (AvgIpc) is 2.54. The van der Waals surface area contributed by atoms with Gasteiger partial charge in [0.1, 0.15) is 0 Å². The summed E-state index contributed by atoms with van der Waals surface area (Å²) in [6.45, 7) is 5.87. The van der Waals surface area contributed by atoms with E-state index in [4.69, 9.17) is 0 Å². The van der Waals surface area contributed by atoms with Gasteiger partial charge in [-0.1, -0.05) is 43.7 Å². The van der Waals surface area contributed by atoms with E-state index < -0.39 is 0 Å². The minimum atomic E-state index is 0.379. The molecule has 2 N–H and O–H groups in total. The Labute approximate surface area is 127 Å². The molecule has 0 spiro atoms. The van der Waals surface area contributed by atoms with Gasteiger partial charge in [-0.2, -0.15) is 0 Å². The number of nitrogens with zero attached hydrogens (tertiary/aromatic N) is 2. The van der Waals surface area contributed by atoms with E-state index in [-0.39, 0.29) is 0 Å². The quantitative estimate of drug-likeness (QED) is 0.778. The van der Waals surface area contributed by atoms with Crippen LogP contribution >= 0.6 is 0 Å². The van der Waals surface area contributed by atoms with Crippen molar-refractivity contribution in [3.63, 3.8) is 0 Å². The van der Waals surface area contributed by atoms with E-state index in [1.807, 2.05) is 19.3 Å². The van der Waals surface area contributed by atoms with Crippen molar-refractivity contribution in [3.8, 4) is 0 Å². The molecule has 0 saturated carbocycles. The summed E-state index contributed by atoms with van der Waals surface area (Å²) in [4.78, 5) is 8.61. The summed E-state index contributed by atoms with van der Waals surface area (Å²) >= 11 is 0. The summed E-state index contributed by atoms with van der Waals surface area (Å²) in [6, 6.07) is 11.0. The van der Waals surface area contributed by atoms with Gasteiger partial charge < -0.3 is 10.6 Å². The van der Waals surface area contributed by atoms with E-state index >= 15 is 0 Å². The Bertz CT molecular complexity index is 510. The third-order valence-electron chi connectivity index (χ3n) is 3.37. The molecule has 0 saturated heterocycles. The monoisotopic (exact) mass is 284 g/mol. The van der Waals surface area contributed by atoms with Gasteiger partial charge in [0.05, 0.1) is 0 Å². The number of hydrogen-bond acceptors (Lipinski definition) is 4. The van der Waals surface area contributed by atoms with Crippen molar-refractivity contribution in [2.24, 2.45) is 0 Å². The molecule has 0 aliphatic rings. The molecule has 0 aliphatic heterocycles. The van der Waals surface area contributed by atoms with Crippen LogP contribution < -0.4 is 10.6 Å². The SMILES string of the molecule is CCC[C@@H](NCc1cnc(NCC)nc1)c1ccccc1. The molecule has 0 unspecified atom stereocenters. The lowest BCUT2D eigenvalue weighted by Crippen LogP contribution is -2.21. The first-order valence-electron chi connectivity index (χ1n) is 7.66. The van der Waals surface area contributed by atoms with Crippen molar-refractivity contribution in [3.05, 3.63) is 53.9 Å². The van der Waals surface area contributed by atoms with Crippen LogP contribution in [0.1, 0.15) is 43.9 Å². The van der Waals surface area contributed by atoms with E-state index in [0.717, 1.165) is 31.5 Å². The fourth-order valence-electron chi connectivity index (χ4n) is 2.30. The van der Waals surface area contributed by atoms with E-state index in [1.165, 1.54) is 5.56 Å². The van der Waals surface area contributed by atoms with E-state index in [1.54, 1.807) is 0 Å². The first kappa shape index (κ1) is 15.4. The second kappa shape index (κ2) is 8.37. The predicted molar refractivity (Wildman–Crippen MR) is 87.1 cm³/mol. The van der Waals surface area contributed by atoms with Gasteiger partial charge >= 0.3 is 0 Å². The molecule has 4 nitrogen and oxygen atoms in total. The molecule has 21 heavy (non-hydrogen) atoms. The fourth-order valence-corrected chi connectivity index (χ4v) is 2.30. The third-order valence-corrected chi connectivity index (χ3v) is 3.37. The van der Waals surface area contributed by atoms with Gasteiger partial charge in [-0.25, -0.2) is 9.97 Å². The van der Waals surface area contributed by atoms with E-state index in [0.29, 0.717) is 12.0 Å². The standard InChI is InChI=1S/C17H24N4/c1-3-8-16(15-9-6-5-7-10-15)19-11-14-12-20-17(18-4-2)21-13-14/h5-7,9-10,12-13,16,19H,3-4,8,11H2,1-2H3,(H,18,20,21)/t16-/m1/s1. The van der Waals surface area contributed by atoms with Crippen LogP contribution in [0.15, 0.2) is 42.7 Å². The summed E-state index contributed by atoms with van der Waals surface area (Å²) in [6.07, 6.45) is 6.04. The maximum absolute atomic E-state index is 4.30. The van der Waals surface area contributed by atoms with Gasteiger partial charge in [0.25, 0.3) is 0 Å². The van der Waals surface area contributed by atoms with Crippen molar-refractivity contribution < 1.29 is 0 Å². The second-order valence-electron chi connectivity index (χ2n) is 5.08. The molecule has 2 rings (SSSR count). The first-order valence-corrected chi connectivity index (χ1v) is 7.66. The maximum Gasteiger partial charge on any atom is 0.222 e. The maximum atomic E-state index is 4.30. The van der Waals surface area contributed by atoms with Gasteiger partial charge in [-0.15, -0.1) is 0 Å². The minimum absolute atomic E-state index is 0.379. The molecule has 4 heteroatoms. The zero-order valence-electron chi connectivity index (χ0n) is 12.8. The summed E-state index contributed by atoms with van der Waals surface area (Å²) in [5.41, 5.74) is 2.44.